The van der Waals surface area contributed by atoms with Crippen LogP contribution in [-0.2, 0) is 0 Å². The third kappa shape index (κ3) is 4.29. The number of allylic oxidation sites excluding steroid dienone is 2. The van der Waals surface area contributed by atoms with Crippen LogP contribution in [0.4, 0.5) is 0 Å². The highest BCUT2D eigenvalue weighted by Gasteiger charge is 2.14. The normalized spacial score (nSPS) is 12.9. The molecule has 62 valence electrons. The molecular formula is C8H13IN2. The number of nitrogens with one attached hydrogen (secondary N) is 2. The monoisotopic (exact) mass is 264 g/mol. The van der Waals surface area contributed by atoms with Gasteiger partial charge in [-0.05, 0) is 39.7 Å². The van der Waals surface area contributed by atoms with Crippen LogP contribution < -0.4 is 0 Å². The molecule has 0 rings (SSSR count). The second-order valence-corrected chi connectivity index (χ2v) is 4.50. The Labute approximate surface area is 81.2 Å². The molecule has 0 aliphatic carbocycles. The van der Waals surface area contributed by atoms with Crippen molar-refractivity contribution in [3.8, 4) is 0 Å². The SMILES string of the molecule is CC(C)(C)/C(C=N)=C/C(=N)I. The maximum absolute atomic E-state index is 7.22. The molecule has 0 saturated heterocycles. The van der Waals surface area contributed by atoms with Gasteiger partial charge in [0.05, 0.1) is 3.72 Å². The second-order valence-electron chi connectivity index (χ2n) is 3.34. The molecule has 0 bridgehead atoms. The van der Waals surface area contributed by atoms with Crippen LogP contribution in [0.25, 0.3) is 0 Å². The summed E-state index contributed by atoms with van der Waals surface area (Å²) in [6.07, 6.45) is 3.03. The largest absolute Gasteiger partial charge is 0.308 e. The van der Waals surface area contributed by atoms with Crippen LogP contribution in [0.1, 0.15) is 20.8 Å². The minimum Gasteiger partial charge on any atom is -0.308 e. The lowest BCUT2D eigenvalue weighted by molar-refractivity contribution is 0.527. The van der Waals surface area contributed by atoms with Crippen molar-refractivity contribution in [1.82, 2.24) is 0 Å². The van der Waals surface area contributed by atoms with Gasteiger partial charge >= 0.3 is 0 Å². The minimum atomic E-state index is -0.0286. The molecule has 0 heterocycles. The highest BCUT2D eigenvalue weighted by atomic mass is 127. The molecule has 3 heteroatoms. The van der Waals surface area contributed by atoms with E-state index >= 15 is 0 Å². The molecule has 11 heavy (non-hydrogen) atoms. The van der Waals surface area contributed by atoms with Gasteiger partial charge in [-0.15, -0.1) is 0 Å². The average molecular weight is 264 g/mol. The summed E-state index contributed by atoms with van der Waals surface area (Å²) < 4.78 is 0.469. The number of hydrogen-bond donors (Lipinski definition) is 2. The van der Waals surface area contributed by atoms with E-state index < -0.39 is 0 Å². The van der Waals surface area contributed by atoms with Crippen LogP contribution in [0.3, 0.4) is 0 Å². The number of rotatable bonds is 2. The van der Waals surface area contributed by atoms with Crippen LogP contribution in [-0.4, -0.2) is 9.93 Å². The molecule has 0 aromatic rings. The van der Waals surface area contributed by atoms with Crippen molar-refractivity contribution in [1.29, 1.82) is 10.8 Å². The van der Waals surface area contributed by atoms with E-state index in [0.29, 0.717) is 3.72 Å². The molecule has 0 spiro atoms. The topological polar surface area (TPSA) is 47.7 Å². The Morgan fingerprint density at radius 2 is 1.82 bits per heavy atom. The van der Waals surface area contributed by atoms with E-state index in [9.17, 15) is 0 Å². The van der Waals surface area contributed by atoms with Crippen molar-refractivity contribution in [2.24, 2.45) is 5.41 Å². The zero-order chi connectivity index (χ0) is 9.07. The van der Waals surface area contributed by atoms with Gasteiger partial charge in [0.15, 0.2) is 0 Å². The molecule has 0 aromatic heterocycles. The molecule has 2 nitrogen and oxygen atoms in total. The summed E-state index contributed by atoms with van der Waals surface area (Å²) in [5.41, 5.74) is 0.857. The Kier molecular flexibility index (Phi) is 3.92. The second kappa shape index (κ2) is 3.99. The quantitative estimate of drug-likeness (QED) is 0.569. The van der Waals surface area contributed by atoms with Crippen molar-refractivity contribution in [2.75, 3.05) is 0 Å². The summed E-state index contributed by atoms with van der Waals surface area (Å²) in [5, 5.41) is 14.3. The molecular weight excluding hydrogens is 251 g/mol. The summed E-state index contributed by atoms with van der Waals surface area (Å²) in [5.74, 6) is 0. The lowest BCUT2D eigenvalue weighted by atomic mass is 9.87. The first-order valence-electron chi connectivity index (χ1n) is 3.34. The van der Waals surface area contributed by atoms with Gasteiger partial charge in [0.25, 0.3) is 0 Å². The molecule has 0 aliphatic heterocycles. The van der Waals surface area contributed by atoms with E-state index in [4.69, 9.17) is 10.8 Å². The Balaban J connectivity index is 4.68. The molecule has 0 unspecified atom stereocenters. The van der Waals surface area contributed by atoms with Crippen LogP contribution in [0, 0.1) is 16.2 Å². The lowest BCUT2D eigenvalue weighted by Gasteiger charge is -2.18. The predicted molar refractivity (Wildman–Crippen MR) is 58.1 cm³/mol. The van der Waals surface area contributed by atoms with Crippen molar-refractivity contribution >= 4 is 32.5 Å². The minimum absolute atomic E-state index is 0.0286. The predicted octanol–water partition coefficient (Wildman–Crippen LogP) is 3.02. The Hall–Kier alpha value is -0.190. The standard InChI is InChI=1S/C8H13IN2/c1-8(2,3)6(5-10)4-7(9)11/h4-5,10-11H,1-3H3/b6-4+,10-5?,11-7?. The van der Waals surface area contributed by atoms with Gasteiger partial charge in [0.1, 0.15) is 0 Å². The van der Waals surface area contributed by atoms with E-state index in [1.54, 1.807) is 6.08 Å². The fourth-order valence-corrected chi connectivity index (χ4v) is 0.947. The van der Waals surface area contributed by atoms with E-state index in [-0.39, 0.29) is 5.41 Å². The summed E-state index contributed by atoms with van der Waals surface area (Å²) in [7, 11) is 0. The number of hydrogen-bond acceptors (Lipinski definition) is 2. The average Bonchev–Trinajstić information content (AvgIpc) is 1.79. The van der Waals surface area contributed by atoms with E-state index in [1.807, 2.05) is 43.4 Å². The van der Waals surface area contributed by atoms with Gasteiger partial charge in [-0.2, -0.15) is 0 Å². The van der Waals surface area contributed by atoms with E-state index in [1.165, 1.54) is 6.21 Å². The fraction of sp³-hybridized carbons (Fsp3) is 0.500. The number of halogens is 1. The zero-order valence-corrected chi connectivity index (χ0v) is 9.19. The molecule has 0 saturated carbocycles. The smallest absolute Gasteiger partial charge is 0.0923 e. The lowest BCUT2D eigenvalue weighted by Crippen LogP contribution is -2.10. The Bertz CT molecular complexity index is 199. The van der Waals surface area contributed by atoms with Gasteiger partial charge in [0, 0.05) is 6.21 Å². The molecule has 0 atom stereocenters. The fourth-order valence-electron chi connectivity index (χ4n) is 0.611. The van der Waals surface area contributed by atoms with Crippen molar-refractivity contribution in [3.63, 3.8) is 0 Å². The summed E-state index contributed by atoms with van der Waals surface area (Å²) >= 11 is 1.92. The Morgan fingerprint density at radius 3 is 1.91 bits per heavy atom. The maximum Gasteiger partial charge on any atom is 0.0923 e. The first-order valence-corrected chi connectivity index (χ1v) is 4.42. The van der Waals surface area contributed by atoms with Crippen molar-refractivity contribution < 1.29 is 0 Å². The molecule has 0 radical (unpaired) electrons. The van der Waals surface area contributed by atoms with Crippen LogP contribution >= 0.6 is 22.6 Å². The first-order chi connectivity index (χ1) is 4.88. The zero-order valence-electron chi connectivity index (χ0n) is 7.03. The summed E-state index contributed by atoms with van der Waals surface area (Å²) in [6, 6.07) is 0. The van der Waals surface area contributed by atoms with Gasteiger partial charge in [-0.25, -0.2) is 0 Å². The van der Waals surface area contributed by atoms with E-state index in [0.717, 1.165) is 5.57 Å². The molecule has 2 N–H and O–H groups in total. The van der Waals surface area contributed by atoms with Gasteiger partial charge < -0.3 is 5.41 Å². The van der Waals surface area contributed by atoms with Crippen molar-refractivity contribution in [2.45, 2.75) is 20.8 Å². The molecule has 0 amide bonds. The Morgan fingerprint density at radius 1 is 1.36 bits per heavy atom. The van der Waals surface area contributed by atoms with Crippen LogP contribution in [0.2, 0.25) is 0 Å². The third-order valence-electron chi connectivity index (χ3n) is 1.30. The first kappa shape index (κ1) is 10.8. The van der Waals surface area contributed by atoms with Gasteiger partial charge in [-0.1, -0.05) is 20.8 Å². The molecule has 0 aromatic carbocycles. The summed E-state index contributed by atoms with van der Waals surface area (Å²) in [4.78, 5) is 0. The van der Waals surface area contributed by atoms with E-state index in [2.05, 4.69) is 0 Å². The van der Waals surface area contributed by atoms with Gasteiger partial charge in [0.2, 0.25) is 0 Å². The molecule has 0 aliphatic rings. The highest BCUT2D eigenvalue weighted by Crippen LogP contribution is 2.23. The summed E-state index contributed by atoms with van der Waals surface area (Å²) in [6.45, 7) is 6.09. The maximum atomic E-state index is 7.22. The van der Waals surface area contributed by atoms with Crippen LogP contribution in [0.5, 0.6) is 0 Å². The van der Waals surface area contributed by atoms with Crippen LogP contribution in [0.15, 0.2) is 11.6 Å². The van der Waals surface area contributed by atoms with Crippen molar-refractivity contribution in [3.05, 3.63) is 11.6 Å². The third-order valence-corrected chi connectivity index (χ3v) is 1.62. The highest BCUT2D eigenvalue weighted by molar-refractivity contribution is 14.1. The molecule has 0 fully saturated rings. The van der Waals surface area contributed by atoms with Gasteiger partial charge in [-0.3, -0.25) is 5.41 Å².